The Bertz CT molecular complexity index is 646. The van der Waals surface area contributed by atoms with Crippen LogP contribution in [0.3, 0.4) is 0 Å². The van der Waals surface area contributed by atoms with E-state index in [1.807, 2.05) is 0 Å². The molecule has 0 fully saturated rings. The Kier molecular flexibility index (Phi) is 5.09. The highest BCUT2D eigenvalue weighted by molar-refractivity contribution is 9.10. The second-order valence-corrected chi connectivity index (χ2v) is 7.26. The Balaban J connectivity index is 3.20. The molecule has 1 aromatic carbocycles. The number of carbonyl (C=O) groups excluding carboxylic acids is 1. The highest BCUT2D eigenvalue weighted by Crippen LogP contribution is 2.27. The third-order valence-electron chi connectivity index (χ3n) is 2.28. The molecule has 112 valence electrons. The van der Waals surface area contributed by atoms with Crippen LogP contribution in [0.1, 0.15) is 15.9 Å². The lowest BCUT2D eigenvalue weighted by Gasteiger charge is -2.12. The van der Waals surface area contributed by atoms with E-state index < -0.39 is 27.7 Å². The van der Waals surface area contributed by atoms with Crippen LogP contribution in [0.4, 0.5) is 13.2 Å². The van der Waals surface area contributed by atoms with Gasteiger partial charge in [0, 0.05) is 20.7 Å². The van der Waals surface area contributed by atoms with Gasteiger partial charge < -0.3 is 5.32 Å². The van der Waals surface area contributed by atoms with Crippen LogP contribution in [0, 0.1) is 6.92 Å². The molecular weight excluding hydrogens is 387 g/mol. The van der Waals surface area contributed by atoms with Crippen molar-refractivity contribution in [2.75, 3.05) is 6.54 Å². The highest BCUT2D eigenvalue weighted by Gasteiger charge is 2.29. The van der Waals surface area contributed by atoms with Gasteiger partial charge in [-0.25, -0.2) is 8.42 Å². The number of carbonyl (C=O) groups is 1. The van der Waals surface area contributed by atoms with Crippen molar-refractivity contribution in [3.8, 4) is 0 Å². The maximum Gasteiger partial charge on any atom is 0.405 e. The van der Waals surface area contributed by atoms with E-state index in [4.69, 9.17) is 10.7 Å². The van der Waals surface area contributed by atoms with Crippen LogP contribution in [0.5, 0.6) is 0 Å². The van der Waals surface area contributed by atoms with Gasteiger partial charge in [0.15, 0.2) is 0 Å². The fourth-order valence-electron chi connectivity index (χ4n) is 1.42. The number of amides is 1. The van der Waals surface area contributed by atoms with Gasteiger partial charge in [-0.2, -0.15) is 13.2 Å². The van der Waals surface area contributed by atoms with Gasteiger partial charge in [0.25, 0.3) is 15.0 Å². The molecule has 1 aromatic rings. The SMILES string of the molecule is Cc1c(C(=O)NCC(F)(F)F)cc(Br)cc1S(=O)(=O)Cl. The van der Waals surface area contributed by atoms with Gasteiger partial charge >= 0.3 is 6.18 Å². The molecule has 1 amide bonds. The average Bonchev–Trinajstić information content (AvgIpc) is 2.26. The zero-order chi connectivity index (χ0) is 15.7. The predicted octanol–water partition coefficient (Wildman–Crippen LogP) is 2.98. The number of benzene rings is 1. The molecule has 10 heteroatoms. The first kappa shape index (κ1) is 17.3. The van der Waals surface area contributed by atoms with Crippen LogP contribution in [0.15, 0.2) is 21.5 Å². The van der Waals surface area contributed by atoms with Crippen LogP contribution in [-0.4, -0.2) is 27.0 Å². The highest BCUT2D eigenvalue weighted by atomic mass is 79.9. The molecule has 0 saturated carbocycles. The normalized spacial score (nSPS) is 12.3. The molecule has 0 heterocycles. The fraction of sp³-hybridized carbons (Fsp3) is 0.300. The molecule has 0 aromatic heterocycles. The molecule has 0 radical (unpaired) electrons. The van der Waals surface area contributed by atoms with Crippen LogP contribution >= 0.6 is 26.6 Å². The summed E-state index contributed by atoms with van der Waals surface area (Å²) in [5.74, 6) is -1.04. The molecule has 4 nitrogen and oxygen atoms in total. The number of halogens is 5. The fourth-order valence-corrected chi connectivity index (χ4v) is 3.25. The lowest BCUT2D eigenvalue weighted by molar-refractivity contribution is -0.123. The minimum atomic E-state index is -4.56. The first-order chi connectivity index (χ1) is 8.92. The van der Waals surface area contributed by atoms with Gasteiger partial charge in [-0.15, -0.1) is 0 Å². The van der Waals surface area contributed by atoms with Crippen LogP contribution < -0.4 is 5.32 Å². The Labute approximate surface area is 125 Å². The zero-order valence-corrected chi connectivity index (χ0v) is 13.0. The Morgan fingerprint density at radius 1 is 1.40 bits per heavy atom. The van der Waals surface area contributed by atoms with E-state index in [0.29, 0.717) is 0 Å². The maximum atomic E-state index is 12.0. The minimum Gasteiger partial charge on any atom is -0.343 e. The number of hydrogen-bond acceptors (Lipinski definition) is 3. The van der Waals surface area contributed by atoms with Crippen molar-refractivity contribution in [2.45, 2.75) is 18.0 Å². The van der Waals surface area contributed by atoms with Crippen molar-refractivity contribution in [3.05, 3.63) is 27.7 Å². The lowest BCUT2D eigenvalue weighted by atomic mass is 10.1. The van der Waals surface area contributed by atoms with Crippen molar-refractivity contribution in [2.24, 2.45) is 0 Å². The molecule has 0 aliphatic heterocycles. The summed E-state index contributed by atoms with van der Waals surface area (Å²) in [6.45, 7) is -0.231. The second-order valence-electron chi connectivity index (χ2n) is 3.81. The summed E-state index contributed by atoms with van der Waals surface area (Å²) < 4.78 is 59.0. The van der Waals surface area contributed by atoms with Crippen LogP contribution in [0.25, 0.3) is 0 Å². The van der Waals surface area contributed by atoms with E-state index in [0.717, 1.165) is 6.07 Å². The van der Waals surface area contributed by atoms with E-state index in [1.54, 1.807) is 5.32 Å². The molecule has 0 aliphatic carbocycles. The van der Waals surface area contributed by atoms with E-state index in [2.05, 4.69) is 15.9 Å². The molecule has 0 saturated heterocycles. The Morgan fingerprint density at radius 2 is 1.95 bits per heavy atom. The van der Waals surface area contributed by atoms with Gasteiger partial charge in [-0.1, -0.05) is 15.9 Å². The Hall–Kier alpha value is -0.800. The molecule has 0 atom stereocenters. The van der Waals surface area contributed by atoms with Crippen molar-refractivity contribution >= 4 is 41.6 Å². The monoisotopic (exact) mass is 393 g/mol. The van der Waals surface area contributed by atoms with Crippen LogP contribution in [-0.2, 0) is 9.05 Å². The van der Waals surface area contributed by atoms with Crippen molar-refractivity contribution < 1.29 is 26.4 Å². The maximum absolute atomic E-state index is 12.0. The summed E-state index contributed by atoms with van der Waals surface area (Å²) >= 11 is 2.97. The molecule has 1 rings (SSSR count). The Morgan fingerprint density at radius 3 is 2.40 bits per heavy atom. The van der Waals surface area contributed by atoms with Gasteiger partial charge in [-0.05, 0) is 24.6 Å². The standard InChI is InChI=1S/C10H8BrClF3NO3S/c1-5-7(9(17)16-4-10(13,14)15)2-6(11)3-8(5)20(12,18)19/h2-3H,4H2,1H3,(H,16,17). The summed E-state index contributed by atoms with van der Waals surface area (Å²) in [5, 5.41) is 1.66. The first-order valence-corrected chi connectivity index (χ1v) is 8.12. The van der Waals surface area contributed by atoms with Gasteiger partial charge in [0.2, 0.25) is 0 Å². The van der Waals surface area contributed by atoms with Crippen LogP contribution in [0.2, 0.25) is 0 Å². The molecule has 0 aliphatic rings. The van der Waals surface area contributed by atoms with Crippen molar-refractivity contribution in [3.63, 3.8) is 0 Å². The molecule has 0 unspecified atom stereocenters. The summed E-state index contributed by atoms with van der Waals surface area (Å²) in [6.07, 6.45) is -4.56. The smallest absolute Gasteiger partial charge is 0.343 e. The van der Waals surface area contributed by atoms with E-state index in [1.165, 1.54) is 13.0 Å². The molecule has 20 heavy (non-hydrogen) atoms. The van der Waals surface area contributed by atoms with E-state index in [9.17, 15) is 26.4 Å². The number of hydrogen-bond donors (Lipinski definition) is 1. The van der Waals surface area contributed by atoms with Crippen molar-refractivity contribution in [1.29, 1.82) is 0 Å². The number of rotatable bonds is 3. The number of alkyl halides is 3. The largest absolute Gasteiger partial charge is 0.405 e. The van der Waals surface area contributed by atoms with Gasteiger partial charge in [-0.3, -0.25) is 4.79 Å². The molecular formula is C10H8BrClF3NO3S. The first-order valence-electron chi connectivity index (χ1n) is 5.01. The minimum absolute atomic E-state index is 0.0251. The van der Waals surface area contributed by atoms with E-state index in [-0.39, 0.29) is 20.5 Å². The average molecular weight is 395 g/mol. The zero-order valence-electron chi connectivity index (χ0n) is 9.88. The molecule has 1 N–H and O–H groups in total. The van der Waals surface area contributed by atoms with Gasteiger partial charge in [0.1, 0.15) is 6.54 Å². The topological polar surface area (TPSA) is 63.2 Å². The lowest BCUT2D eigenvalue weighted by Crippen LogP contribution is -2.34. The third kappa shape index (κ3) is 4.64. The summed E-state index contributed by atoms with van der Waals surface area (Å²) in [4.78, 5) is 11.3. The summed E-state index contributed by atoms with van der Waals surface area (Å²) in [5.41, 5.74) is -0.231. The molecule has 0 bridgehead atoms. The third-order valence-corrected chi connectivity index (χ3v) is 4.19. The van der Waals surface area contributed by atoms with E-state index >= 15 is 0 Å². The summed E-state index contributed by atoms with van der Waals surface area (Å²) in [6, 6.07) is 2.38. The van der Waals surface area contributed by atoms with Crippen molar-refractivity contribution in [1.82, 2.24) is 5.32 Å². The second kappa shape index (κ2) is 5.90. The predicted molar refractivity (Wildman–Crippen MR) is 70.3 cm³/mol. The number of nitrogens with one attached hydrogen (secondary N) is 1. The van der Waals surface area contributed by atoms with Gasteiger partial charge in [0.05, 0.1) is 4.90 Å². The summed E-state index contributed by atoms with van der Waals surface area (Å²) in [7, 11) is 1.09. The molecule has 0 spiro atoms. The quantitative estimate of drug-likeness (QED) is 0.802.